The Morgan fingerprint density at radius 3 is 2.54 bits per heavy atom. The number of phenols is 1. The maximum atomic E-state index is 15.0. The predicted octanol–water partition coefficient (Wildman–Crippen LogP) is 4.27. The number of benzene rings is 1. The number of aromatic hydroxyl groups is 2. The van der Waals surface area contributed by atoms with Crippen LogP contribution in [0, 0.1) is 5.82 Å². The lowest BCUT2D eigenvalue weighted by atomic mass is 9.94. The molecule has 0 aliphatic carbocycles. The average Bonchev–Trinajstić information content (AvgIpc) is 3.17. The maximum absolute atomic E-state index is 15.0. The van der Waals surface area contributed by atoms with Gasteiger partial charge in [0.15, 0.2) is 17.3 Å². The molecule has 216 valence electrons. The second-order valence-corrected chi connectivity index (χ2v) is 10.3. The molecule has 1 atom stereocenters. The molecule has 0 radical (unpaired) electrons. The molecule has 0 saturated carbocycles. The van der Waals surface area contributed by atoms with Gasteiger partial charge >= 0.3 is 6.18 Å². The first kappa shape index (κ1) is 28.1. The topological polar surface area (TPSA) is 112 Å². The largest absolute Gasteiger partial charge is 0.506 e. The third-order valence-corrected chi connectivity index (χ3v) is 7.51. The summed E-state index contributed by atoms with van der Waals surface area (Å²) >= 11 is 0. The van der Waals surface area contributed by atoms with E-state index in [2.05, 4.69) is 16.7 Å². The van der Waals surface area contributed by atoms with E-state index in [9.17, 15) is 33.0 Å². The van der Waals surface area contributed by atoms with Crippen LogP contribution in [0.25, 0.3) is 5.69 Å². The first-order valence-electron chi connectivity index (χ1n) is 12.9. The van der Waals surface area contributed by atoms with Crippen LogP contribution >= 0.6 is 0 Å². The molecular formula is C28H27F4N5O4. The summed E-state index contributed by atoms with van der Waals surface area (Å²) < 4.78 is 55.8. The average molecular weight is 574 g/mol. The van der Waals surface area contributed by atoms with Gasteiger partial charge in [0.05, 0.1) is 23.0 Å². The van der Waals surface area contributed by atoms with Crippen LogP contribution in [0.15, 0.2) is 37.1 Å². The van der Waals surface area contributed by atoms with Crippen molar-refractivity contribution in [3.05, 3.63) is 76.6 Å². The van der Waals surface area contributed by atoms with Crippen molar-refractivity contribution in [3.8, 4) is 17.2 Å². The highest BCUT2D eigenvalue weighted by molar-refractivity contribution is 5.95. The van der Waals surface area contributed by atoms with Crippen LogP contribution in [0.1, 0.15) is 64.4 Å². The van der Waals surface area contributed by atoms with Crippen LogP contribution in [-0.2, 0) is 23.8 Å². The number of hydrogen-bond acceptors (Lipinski definition) is 6. The molecule has 0 spiro atoms. The van der Waals surface area contributed by atoms with Crippen molar-refractivity contribution >= 4 is 11.8 Å². The van der Waals surface area contributed by atoms with Crippen molar-refractivity contribution < 1.29 is 37.4 Å². The molecule has 13 heteroatoms. The molecule has 1 unspecified atom stereocenters. The van der Waals surface area contributed by atoms with Gasteiger partial charge in [-0.15, -0.1) is 0 Å². The number of nitrogens with zero attached hydrogens (tertiary/aromatic N) is 5. The molecule has 5 rings (SSSR count). The van der Waals surface area contributed by atoms with E-state index in [0.29, 0.717) is 28.9 Å². The summed E-state index contributed by atoms with van der Waals surface area (Å²) in [5.41, 5.74) is 0.458. The molecule has 2 aromatic heterocycles. The van der Waals surface area contributed by atoms with Crippen LogP contribution in [0.2, 0.25) is 0 Å². The Morgan fingerprint density at radius 1 is 1.17 bits per heavy atom. The molecule has 3 aromatic rings. The molecule has 41 heavy (non-hydrogen) atoms. The molecule has 9 nitrogen and oxygen atoms in total. The van der Waals surface area contributed by atoms with E-state index in [1.165, 1.54) is 14.5 Å². The van der Waals surface area contributed by atoms with Crippen LogP contribution in [0.4, 0.5) is 17.6 Å². The van der Waals surface area contributed by atoms with Crippen molar-refractivity contribution in [2.45, 2.75) is 44.8 Å². The van der Waals surface area contributed by atoms with Crippen molar-refractivity contribution in [1.29, 1.82) is 0 Å². The fourth-order valence-electron chi connectivity index (χ4n) is 5.51. The van der Waals surface area contributed by atoms with E-state index in [4.69, 9.17) is 0 Å². The predicted molar refractivity (Wildman–Crippen MR) is 138 cm³/mol. The molecule has 0 fully saturated rings. The van der Waals surface area contributed by atoms with Crippen LogP contribution in [-0.4, -0.2) is 66.2 Å². The van der Waals surface area contributed by atoms with Gasteiger partial charge in [0.1, 0.15) is 11.4 Å². The zero-order chi connectivity index (χ0) is 29.8. The fraction of sp³-hybridized carbons (Fsp3) is 0.357. The zero-order valence-corrected chi connectivity index (χ0v) is 22.2. The molecular weight excluding hydrogens is 546 g/mol. The normalized spacial score (nSPS) is 16.9. The first-order valence-corrected chi connectivity index (χ1v) is 12.9. The standard InChI is InChI=1S/C28H27F4N5O4/c1-4-22(39)35-9-7-17-23-18(37(34-17)19-6-5-16(14(2)3)24(29)25(19)40)8-10-36(20(23)13-35)27(41)15-11-21(38)26(33-12-15)28(30,31)32/h4-6,11-12,14,20,38,40H,1,7-10,13H2,2-3H3. The number of alkyl halides is 3. The van der Waals surface area contributed by atoms with Crippen molar-refractivity contribution in [1.82, 2.24) is 24.6 Å². The second kappa shape index (κ2) is 10.2. The SMILES string of the molecule is C=CC(=O)N1CCc2nn(-c3ccc(C(C)C)c(F)c3O)c3c2C(C1)N(C(=O)c1cnc(C(F)(F)F)c(O)c1)CC3. The van der Waals surface area contributed by atoms with Gasteiger partial charge in [-0.05, 0) is 29.7 Å². The molecule has 2 aliphatic rings. The number of rotatable bonds is 4. The Balaban J connectivity index is 1.60. The molecule has 4 heterocycles. The van der Waals surface area contributed by atoms with Crippen molar-refractivity contribution in [3.63, 3.8) is 0 Å². The summed E-state index contributed by atoms with van der Waals surface area (Å²) in [5.74, 6) is -3.73. The number of carbonyl (C=O) groups is 2. The molecule has 2 amide bonds. The highest BCUT2D eigenvalue weighted by Crippen LogP contribution is 2.40. The van der Waals surface area contributed by atoms with Gasteiger partial charge in [-0.1, -0.05) is 26.5 Å². The lowest BCUT2D eigenvalue weighted by molar-refractivity contribution is -0.142. The number of pyridine rings is 1. The number of phenolic OH excluding ortho intramolecular Hbond substituents is 1. The van der Waals surface area contributed by atoms with E-state index in [0.717, 1.165) is 18.3 Å². The first-order chi connectivity index (χ1) is 19.3. The third kappa shape index (κ3) is 4.78. The van der Waals surface area contributed by atoms with Gasteiger partial charge in [0.25, 0.3) is 5.91 Å². The van der Waals surface area contributed by atoms with Crippen molar-refractivity contribution in [2.24, 2.45) is 0 Å². The summed E-state index contributed by atoms with van der Waals surface area (Å²) in [5, 5.41) is 25.4. The summed E-state index contributed by atoms with van der Waals surface area (Å²) in [6.07, 6.45) is -2.49. The van der Waals surface area contributed by atoms with Gasteiger partial charge in [0, 0.05) is 44.2 Å². The van der Waals surface area contributed by atoms with E-state index in [1.54, 1.807) is 26.0 Å². The number of hydrogen-bond donors (Lipinski definition) is 2. The zero-order valence-electron chi connectivity index (χ0n) is 22.2. The Hall–Kier alpha value is -4.42. The molecule has 0 bridgehead atoms. The Kier molecular flexibility index (Phi) is 7.00. The number of aromatic nitrogens is 3. The monoisotopic (exact) mass is 573 g/mol. The Labute approximate surface area is 232 Å². The lowest BCUT2D eigenvalue weighted by Crippen LogP contribution is -2.45. The number of halogens is 4. The highest BCUT2D eigenvalue weighted by Gasteiger charge is 2.41. The van der Waals surface area contributed by atoms with Crippen LogP contribution in [0.3, 0.4) is 0 Å². The smallest absolute Gasteiger partial charge is 0.437 e. The second-order valence-electron chi connectivity index (χ2n) is 10.3. The third-order valence-electron chi connectivity index (χ3n) is 7.51. The van der Waals surface area contributed by atoms with E-state index in [-0.39, 0.29) is 49.1 Å². The van der Waals surface area contributed by atoms with Gasteiger partial charge in [-0.2, -0.15) is 18.3 Å². The quantitative estimate of drug-likeness (QED) is 0.356. The minimum absolute atomic E-state index is 0.0367. The number of amides is 2. The molecule has 1 aromatic carbocycles. The molecule has 2 aliphatic heterocycles. The lowest BCUT2D eigenvalue weighted by Gasteiger charge is -2.37. The Bertz CT molecular complexity index is 1570. The van der Waals surface area contributed by atoms with Gasteiger partial charge < -0.3 is 20.0 Å². The van der Waals surface area contributed by atoms with E-state index >= 15 is 4.39 Å². The minimum atomic E-state index is -4.90. The van der Waals surface area contributed by atoms with Crippen LogP contribution in [0.5, 0.6) is 11.5 Å². The summed E-state index contributed by atoms with van der Waals surface area (Å²) in [6, 6.07) is 3.11. The van der Waals surface area contributed by atoms with Gasteiger partial charge in [-0.3, -0.25) is 9.59 Å². The van der Waals surface area contributed by atoms with Crippen molar-refractivity contribution in [2.75, 3.05) is 19.6 Å². The fourth-order valence-corrected chi connectivity index (χ4v) is 5.51. The summed E-state index contributed by atoms with van der Waals surface area (Å²) in [7, 11) is 0. The molecule has 2 N–H and O–H groups in total. The van der Waals surface area contributed by atoms with Crippen LogP contribution < -0.4 is 0 Å². The Morgan fingerprint density at radius 2 is 1.90 bits per heavy atom. The highest BCUT2D eigenvalue weighted by atomic mass is 19.4. The summed E-state index contributed by atoms with van der Waals surface area (Å²) in [6.45, 7) is 7.47. The maximum Gasteiger partial charge on any atom is 0.437 e. The number of carbonyl (C=O) groups excluding carboxylic acids is 2. The molecule has 0 saturated heterocycles. The van der Waals surface area contributed by atoms with Gasteiger partial charge in [0.2, 0.25) is 5.91 Å². The minimum Gasteiger partial charge on any atom is -0.506 e. The van der Waals surface area contributed by atoms with E-state index in [1.807, 2.05) is 0 Å². The van der Waals surface area contributed by atoms with Gasteiger partial charge in [-0.25, -0.2) is 14.1 Å². The summed E-state index contributed by atoms with van der Waals surface area (Å²) in [4.78, 5) is 32.4. The van der Waals surface area contributed by atoms with E-state index < -0.39 is 41.1 Å².